The van der Waals surface area contributed by atoms with E-state index in [-0.39, 0.29) is 12.8 Å². The molecule has 0 atom stereocenters. The topological polar surface area (TPSA) is 0 Å². The van der Waals surface area contributed by atoms with Crippen molar-refractivity contribution in [3.05, 3.63) is 0 Å². The Morgan fingerprint density at radius 3 is 1.11 bits per heavy atom. The van der Waals surface area contributed by atoms with E-state index in [4.69, 9.17) is 0 Å². The molecule has 0 spiro atoms. The smallest absolute Gasteiger partial charge is 0.205 e. The third-order valence-electron chi connectivity index (χ3n) is 5.60. The second-order valence-corrected chi connectivity index (χ2v) is 8.22. The first-order valence-electron chi connectivity index (χ1n) is 8.89. The lowest BCUT2D eigenvalue weighted by molar-refractivity contribution is -0.481. The summed E-state index contributed by atoms with van der Waals surface area (Å²) < 4.78 is 141. The van der Waals surface area contributed by atoms with Crippen molar-refractivity contribution < 1.29 is 48.3 Å². The summed E-state index contributed by atoms with van der Waals surface area (Å²) in [5, 5.41) is 0. The van der Waals surface area contributed by atoms with Crippen molar-refractivity contribution in [3.8, 4) is 0 Å². The van der Waals surface area contributed by atoms with Crippen molar-refractivity contribution in [2.24, 2.45) is 16.7 Å². The molecule has 168 valence electrons. The number of alkyl halides is 11. The average Bonchev–Trinajstić information content (AvgIpc) is 3.04. The van der Waals surface area contributed by atoms with Gasteiger partial charge in [-0.2, -0.15) is 39.5 Å². The summed E-state index contributed by atoms with van der Waals surface area (Å²) in [4.78, 5) is 0. The maximum absolute atomic E-state index is 13.8. The van der Waals surface area contributed by atoms with E-state index >= 15 is 0 Å². The van der Waals surface area contributed by atoms with Crippen molar-refractivity contribution in [3.63, 3.8) is 0 Å². The summed E-state index contributed by atoms with van der Waals surface area (Å²) in [7, 11) is 0. The molecule has 0 aromatic carbocycles. The van der Waals surface area contributed by atoms with Crippen LogP contribution in [0.4, 0.5) is 48.3 Å². The van der Waals surface area contributed by atoms with Gasteiger partial charge in [0.25, 0.3) is 5.92 Å². The molecule has 0 amide bonds. The molecule has 0 aliphatic heterocycles. The lowest BCUT2D eigenvalue weighted by atomic mass is 9.72. The Balaban J connectivity index is 0.000000467. The fraction of sp³-hybridized carbons (Fsp3) is 1.00. The summed E-state index contributed by atoms with van der Waals surface area (Å²) in [5.41, 5.74) is -6.37. The van der Waals surface area contributed by atoms with E-state index in [1.54, 1.807) is 0 Å². The van der Waals surface area contributed by atoms with E-state index in [9.17, 15) is 48.3 Å². The molecule has 2 fully saturated rings. The van der Waals surface area contributed by atoms with Gasteiger partial charge in [-0.25, -0.2) is 8.78 Å². The van der Waals surface area contributed by atoms with Crippen LogP contribution in [-0.4, -0.2) is 24.5 Å². The molecule has 0 radical (unpaired) electrons. The molecule has 0 heterocycles. The van der Waals surface area contributed by atoms with E-state index in [2.05, 4.69) is 13.8 Å². The van der Waals surface area contributed by atoms with Crippen LogP contribution in [0, 0.1) is 16.7 Å². The van der Waals surface area contributed by atoms with Crippen LogP contribution in [0.3, 0.4) is 0 Å². The Kier molecular flexibility index (Phi) is 7.05. The second kappa shape index (κ2) is 7.81. The zero-order chi connectivity index (χ0) is 22.2. The third-order valence-corrected chi connectivity index (χ3v) is 5.60. The number of rotatable bonds is 2. The highest BCUT2D eigenvalue weighted by atomic mass is 19.4. The van der Waals surface area contributed by atoms with E-state index in [1.807, 2.05) is 0 Å². The summed E-state index contributed by atoms with van der Waals surface area (Å²) >= 11 is 0. The van der Waals surface area contributed by atoms with Crippen molar-refractivity contribution in [1.82, 2.24) is 0 Å². The van der Waals surface area contributed by atoms with Gasteiger partial charge < -0.3 is 0 Å². The minimum absolute atomic E-state index is 0.149. The Bertz CT molecular complexity index is 461. The van der Waals surface area contributed by atoms with Gasteiger partial charge in [0, 0.05) is 5.92 Å². The minimum atomic E-state index is -7.23. The fourth-order valence-corrected chi connectivity index (χ4v) is 3.98. The molecule has 2 saturated carbocycles. The van der Waals surface area contributed by atoms with Crippen LogP contribution in [-0.2, 0) is 0 Å². The molecule has 28 heavy (non-hydrogen) atoms. The van der Waals surface area contributed by atoms with Crippen molar-refractivity contribution in [2.75, 3.05) is 0 Å². The molecule has 0 aromatic heterocycles. The zero-order valence-electron chi connectivity index (χ0n) is 15.4. The quantitative estimate of drug-likeness (QED) is 0.384. The highest BCUT2D eigenvalue weighted by Gasteiger charge is 2.93. The highest BCUT2D eigenvalue weighted by Crippen LogP contribution is 2.69. The summed E-state index contributed by atoms with van der Waals surface area (Å²) in [5.74, 6) is -8.65. The normalized spacial score (nSPS) is 22.2. The van der Waals surface area contributed by atoms with Crippen LogP contribution in [0.25, 0.3) is 0 Å². The zero-order valence-corrected chi connectivity index (χ0v) is 15.4. The van der Waals surface area contributed by atoms with Crippen molar-refractivity contribution in [2.45, 2.75) is 89.7 Å². The highest BCUT2D eigenvalue weighted by molar-refractivity contribution is 5.10. The molecule has 2 aliphatic rings. The maximum Gasteiger partial charge on any atom is 0.418 e. The number of hydrogen-bond donors (Lipinski definition) is 0. The Morgan fingerprint density at radius 1 is 0.571 bits per heavy atom. The first-order valence-corrected chi connectivity index (χ1v) is 8.89. The third kappa shape index (κ3) is 4.52. The van der Waals surface area contributed by atoms with Gasteiger partial charge in [0.2, 0.25) is 0 Å². The standard InChI is InChI=1S/C10H9F11.C7H14/c11-6(12,5-3-1-2-4-5)7(8(13,14)15,9(16,17)18)10(19,20)21;1-7(2)5-3-4-6-7/h5H,1-4H2;3-6H2,1-2H3. The van der Waals surface area contributed by atoms with Crippen LogP contribution in [0.5, 0.6) is 0 Å². The Labute approximate surface area is 155 Å². The SMILES string of the molecule is CC1(C)CCCC1.FC(F)(F)C(C(F)(F)F)(C(F)(F)F)C(F)(F)C1CCCC1. The van der Waals surface area contributed by atoms with Crippen LogP contribution in [0.2, 0.25) is 0 Å². The van der Waals surface area contributed by atoms with E-state index in [0.717, 1.165) is 0 Å². The van der Waals surface area contributed by atoms with E-state index < -0.39 is 48.6 Å². The van der Waals surface area contributed by atoms with Gasteiger partial charge in [0.1, 0.15) is 0 Å². The van der Waals surface area contributed by atoms with Gasteiger partial charge in [-0.1, -0.05) is 39.5 Å². The summed E-state index contributed by atoms with van der Waals surface area (Å²) in [6, 6.07) is 0. The molecule has 11 heteroatoms. The fourth-order valence-electron chi connectivity index (χ4n) is 3.98. The van der Waals surface area contributed by atoms with Gasteiger partial charge in [-0.15, -0.1) is 0 Å². The van der Waals surface area contributed by atoms with Crippen LogP contribution in [0.1, 0.15) is 65.2 Å². The average molecular weight is 436 g/mol. The molecule has 0 N–H and O–H groups in total. The van der Waals surface area contributed by atoms with Crippen molar-refractivity contribution >= 4 is 0 Å². The summed E-state index contributed by atoms with van der Waals surface area (Å²) in [6.07, 6.45) is -17.8. The lowest BCUT2D eigenvalue weighted by Crippen LogP contribution is -2.70. The molecule has 0 nitrogen and oxygen atoms in total. The predicted octanol–water partition coefficient (Wildman–Crippen LogP) is 8.07. The maximum atomic E-state index is 13.8. The second-order valence-electron chi connectivity index (χ2n) is 8.22. The van der Waals surface area contributed by atoms with Crippen LogP contribution in [0.15, 0.2) is 0 Å². The van der Waals surface area contributed by atoms with Gasteiger partial charge in [-0.3, -0.25) is 0 Å². The molecule has 0 bridgehead atoms. The largest absolute Gasteiger partial charge is 0.418 e. The molecule has 0 unspecified atom stereocenters. The Morgan fingerprint density at radius 2 is 0.893 bits per heavy atom. The van der Waals surface area contributed by atoms with Crippen molar-refractivity contribution in [1.29, 1.82) is 0 Å². The van der Waals surface area contributed by atoms with Gasteiger partial charge in [-0.05, 0) is 31.1 Å². The number of halogens is 11. The van der Waals surface area contributed by atoms with Gasteiger partial charge in [0.15, 0.2) is 0 Å². The molecular weight excluding hydrogens is 413 g/mol. The molecule has 2 aliphatic carbocycles. The number of hydrogen-bond acceptors (Lipinski definition) is 0. The first-order chi connectivity index (χ1) is 12.3. The van der Waals surface area contributed by atoms with Crippen LogP contribution >= 0.6 is 0 Å². The molecule has 0 aromatic rings. The molecule has 2 rings (SSSR count). The monoisotopic (exact) mass is 436 g/mol. The van der Waals surface area contributed by atoms with Crippen LogP contribution < -0.4 is 0 Å². The first kappa shape index (κ1) is 25.3. The van der Waals surface area contributed by atoms with Gasteiger partial charge in [0.05, 0.1) is 0 Å². The van der Waals surface area contributed by atoms with Gasteiger partial charge >= 0.3 is 23.9 Å². The van der Waals surface area contributed by atoms with E-state index in [1.165, 1.54) is 25.7 Å². The molecular formula is C17H23F11. The van der Waals surface area contributed by atoms with E-state index in [0.29, 0.717) is 5.41 Å². The lowest BCUT2D eigenvalue weighted by Gasteiger charge is -2.45. The molecule has 0 saturated heterocycles. The summed E-state index contributed by atoms with van der Waals surface area (Å²) in [6.45, 7) is 4.72. The predicted molar refractivity (Wildman–Crippen MR) is 79.8 cm³/mol. The minimum Gasteiger partial charge on any atom is -0.205 e. The Hall–Kier alpha value is -0.770.